The lowest BCUT2D eigenvalue weighted by Gasteiger charge is -2.34. The highest BCUT2D eigenvalue weighted by Gasteiger charge is 2.31. The second kappa shape index (κ2) is 3.38. The van der Waals surface area contributed by atoms with Gasteiger partial charge >= 0.3 is 0 Å². The summed E-state index contributed by atoms with van der Waals surface area (Å²) in [7, 11) is 0. The molecule has 0 aromatic carbocycles. The molecule has 0 radical (unpaired) electrons. The molecule has 0 amide bonds. The fourth-order valence-corrected chi connectivity index (χ4v) is 1.93. The molecule has 0 aliphatic heterocycles. The zero-order chi connectivity index (χ0) is 8.43. The highest BCUT2D eigenvalue weighted by Crippen LogP contribution is 2.38. The van der Waals surface area contributed by atoms with Crippen LogP contribution in [-0.2, 0) is 4.79 Å². The van der Waals surface area contributed by atoms with Crippen molar-refractivity contribution in [1.82, 2.24) is 0 Å². The van der Waals surface area contributed by atoms with Crippen LogP contribution in [0.3, 0.4) is 0 Å². The second-order valence-electron chi connectivity index (χ2n) is 4.27. The normalized spacial score (nSPS) is 30.2. The van der Waals surface area contributed by atoms with Crippen LogP contribution in [0.4, 0.5) is 0 Å². The lowest BCUT2D eigenvalue weighted by molar-refractivity contribution is -0.124. The summed E-state index contributed by atoms with van der Waals surface area (Å²) < 4.78 is 0. The van der Waals surface area contributed by atoms with Crippen LogP contribution in [0.25, 0.3) is 0 Å². The predicted molar refractivity (Wildman–Crippen MR) is 46.4 cm³/mol. The van der Waals surface area contributed by atoms with Crippen LogP contribution < -0.4 is 0 Å². The summed E-state index contributed by atoms with van der Waals surface area (Å²) in [5.41, 5.74) is 0. The van der Waals surface area contributed by atoms with Crippen LogP contribution in [-0.4, -0.2) is 5.78 Å². The van der Waals surface area contributed by atoms with Crippen molar-refractivity contribution in [2.24, 2.45) is 17.8 Å². The van der Waals surface area contributed by atoms with Gasteiger partial charge in [0.2, 0.25) is 0 Å². The van der Waals surface area contributed by atoms with Crippen LogP contribution in [0.2, 0.25) is 0 Å². The standard InChI is InChI=1S/C10H18O/c1-7(2)4-9-5-10(6-9)8(3)11/h7,9-10H,4-6H2,1-3H3/t9-,10+. The first kappa shape index (κ1) is 8.76. The number of Topliss-reactive ketones (excluding diaryl/α,β-unsaturated/α-hetero) is 1. The Morgan fingerprint density at radius 3 is 2.36 bits per heavy atom. The van der Waals surface area contributed by atoms with Gasteiger partial charge in [-0.2, -0.15) is 0 Å². The van der Waals surface area contributed by atoms with E-state index in [-0.39, 0.29) is 0 Å². The molecule has 0 unspecified atom stereocenters. The first-order valence-electron chi connectivity index (χ1n) is 4.60. The van der Waals surface area contributed by atoms with Crippen molar-refractivity contribution >= 4 is 5.78 Å². The Kier molecular flexibility index (Phi) is 2.69. The average Bonchev–Trinajstić information content (AvgIpc) is 1.75. The number of ketones is 1. The Labute approximate surface area is 69.2 Å². The highest BCUT2D eigenvalue weighted by atomic mass is 16.1. The van der Waals surface area contributed by atoms with Crippen molar-refractivity contribution in [3.8, 4) is 0 Å². The third-order valence-corrected chi connectivity index (χ3v) is 2.62. The van der Waals surface area contributed by atoms with E-state index in [9.17, 15) is 4.79 Å². The van der Waals surface area contributed by atoms with Crippen molar-refractivity contribution in [3.05, 3.63) is 0 Å². The van der Waals surface area contributed by atoms with Gasteiger partial charge in [-0.15, -0.1) is 0 Å². The average molecular weight is 154 g/mol. The SMILES string of the molecule is CC(=O)[C@H]1C[C@@H](CC(C)C)C1. The number of carbonyl (C=O) groups is 1. The molecule has 0 N–H and O–H groups in total. The number of carbonyl (C=O) groups excluding carboxylic acids is 1. The van der Waals surface area contributed by atoms with Crippen molar-refractivity contribution < 1.29 is 4.79 Å². The molecule has 1 saturated carbocycles. The summed E-state index contributed by atoms with van der Waals surface area (Å²) in [6, 6.07) is 0. The largest absolute Gasteiger partial charge is 0.300 e. The Morgan fingerprint density at radius 1 is 1.45 bits per heavy atom. The Balaban J connectivity index is 2.14. The summed E-state index contributed by atoms with van der Waals surface area (Å²) in [6.45, 7) is 6.22. The number of hydrogen-bond acceptors (Lipinski definition) is 1. The first-order chi connectivity index (χ1) is 5.09. The van der Waals surface area contributed by atoms with Gasteiger partial charge in [-0.05, 0) is 38.0 Å². The molecule has 0 saturated heterocycles. The van der Waals surface area contributed by atoms with Gasteiger partial charge in [0, 0.05) is 5.92 Å². The molecular weight excluding hydrogens is 136 g/mol. The molecule has 1 nitrogen and oxygen atoms in total. The summed E-state index contributed by atoms with van der Waals surface area (Å²) in [4.78, 5) is 10.9. The van der Waals surface area contributed by atoms with Crippen LogP contribution in [0.5, 0.6) is 0 Å². The lowest BCUT2D eigenvalue weighted by atomic mass is 9.70. The molecule has 0 aromatic rings. The van der Waals surface area contributed by atoms with Crippen molar-refractivity contribution in [2.45, 2.75) is 40.0 Å². The molecule has 11 heavy (non-hydrogen) atoms. The zero-order valence-corrected chi connectivity index (χ0v) is 7.76. The van der Waals surface area contributed by atoms with Gasteiger partial charge in [0.05, 0.1) is 0 Å². The third-order valence-electron chi connectivity index (χ3n) is 2.62. The summed E-state index contributed by atoms with van der Waals surface area (Å²) in [5, 5.41) is 0. The van der Waals surface area contributed by atoms with E-state index in [2.05, 4.69) is 13.8 Å². The molecule has 1 rings (SSSR count). The maximum Gasteiger partial charge on any atom is 0.132 e. The summed E-state index contributed by atoms with van der Waals surface area (Å²) in [5.74, 6) is 2.46. The molecular formula is C10H18O. The van der Waals surface area contributed by atoms with E-state index in [0.717, 1.165) is 24.7 Å². The molecule has 0 atom stereocenters. The van der Waals surface area contributed by atoms with Gasteiger partial charge in [0.1, 0.15) is 5.78 Å². The monoisotopic (exact) mass is 154 g/mol. The van der Waals surface area contributed by atoms with E-state index in [1.807, 2.05) is 0 Å². The minimum Gasteiger partial charge on any atom is -0.300 e. The van der Waals surface area contributed by atoms with Crippen molar-refractivity contribution in [3.63, 3.8) is 0 Å². The van der Waals surface area contributed by atoms with Crippen LogP contribution in [0.1, 0.15) is 40.0 Å². The number of hydrogen-bond donors (Lipinski definition) is 0. The van der Waals surface area contributed by atoms with Crippen molar-refractivity contribution in [2.75, 3.05) is 0 Å². The summed E-state index contributed by atoms with van der Waals surface area (Å²) in [6.07, 6.45) is 3.63. The molecule has 0 aromatic heterocycles. The van der Waals surface area contributed by atoms with E-state index >= 15 is 0 Å². The molecule has 0 bridgehead atoms. The van der Waals surface area contributed by atoms with E-state index in [1.165, 1.54) is 6.42 Å². The predicted octanol–water partition coefficient (Wildman–Crippen LogP) is 2.65. The van der Waals surface area contributed by atoms with Gasteiger partial charge in [-0.25, -0.2) is 0 Å². The van der Waals surface area contributed by atoms with Gasteiger partial charge in [-0.1, -0.05) is 13.8 Å². The maximum absolute atomic E-state index is 10.9. The van der Waals surface area contributed by atoms with E-state index in [1.54, 1.807) is 6.92 Å². The lowest BCUT2D eigenvalue weighted by Crippen LogP contribution is -2.29. The molecule has 64 valence electrons. The molecule has 0 heterocycles. The van der Waals surface area contributed by atoms with Gasteiger partial charge in [0.25, 0.3) is 0 Å². The quantitative estimate of drug-likeness (QED) is 0.610. The van der Waals surface area contributed by atoms with Crippen molar-refractivity contribution in [1.29, 1.82) is 0 Å². The minimum atomic E-state index is 0.394. The smallest absolute Gasteiger partial charge is 0.132 e. The summed E-state index contributed by atoms with van der Waals surface area (Å²) >= 11 is 0. The van der Waals surface area contributed by atoms with Crippen LogP contribution in [0, 0.1) is 17.8 Å². The van der Waals surface area contributed by atoms with Crippen LogP contribution in [0.15, 0.2) is 0 Å². The van der Waals surface area contributed by atoms with Gasteiger partial charge in [0.15, 0.2) is 0 Å². The second-order valence-corrected chi connectivity index (χ2v) is 4.27. The molecule has 1 aliphatic rings. The molecule has 0 spiro atoms. The van der Waals surface area contributed by atoms with E-state index < -0.39 is 0 Å². The molecule has 1 fully saturated rings. The maximum atomic E-state index is 10.9. The fourth-order valence-electron chi connectivity index (χ4n) is 1.93. The van der Waals surface area contributed by atoms with E-state index in [4.69, 9.17) is 0 Å². The van der Waals surface area contributed by atoms with E-state index in [0.29, 0.717) is 11.7 Å². The zero-order valence-electron chi connectivity index (χ0n) is 7.76. The first-order valence-corrected chi connectivity index (χ1v) is 4.60. The van der Waals surface area contributed by atoms with Crippen LogP contribution >= 0.6 is 0 Å². The van der Waals surface area contributed by atoms with Gasteiger partial charge < -0.3 is 0 Å². The third kappa shape index (κ3) is 2.32. The topological polar surface area (TPSA) is 17.1 Å². The number of rotatable bonds is 3. The Morgan fingerprint density at radius 2 is 2.00 bits per heavy atom. The Hall–Kier alpha value is -0.330. The highest BCUT2D eigenvalue weighted by molar-refractivity contribution is 5.79. The minimum absolute atomic E-state index is 0.394. The van der Waals surface area contributed by atoms with Gasteiger partial charge in [-0.3, -0.25) is 4.79 Å². The Bertz CT molecular complexity index is 143. The molecule has 1 aliphatic carbocycles. The fraction of sp³-hybridized carbons (Fsp3) is 0.900. The molecule has 1 heteroatoms.